The van der Waals surface area contributed by atoms with E-state index in [0.717, 1.165) is 32.4 Å². The molecular weight excluding hydrogens is 346 g/mol. The third-order valence-electron chi connectivity index (χ3n) is 5.78. The van der Waals surface area contributed by atoms with Gasteiger partial charge in [-0.05, 0) is 35.6 Å². The van der Waals surface area contributed by atoms with Gasteiger partial charge in [0.25, 0.3) is 0 Å². The predicted octanol–water partition coefficient (Wildman–Crippen LogP) is 4.41. The highest BCUT2D eigenvalue weighted by Crippen LogP contribution is 2.28. The second-order valence-corrected chi connectivity index (χ2v) is 7.41. The van der Waals surface area contributed by atoms with E-state index >= 15 is 0 Å². The number of nitrogens with zero attached hydrogens (tertiary/aromatic N) is 1. The zero-order valence-corrected chi connectivity index (χ0v) is 16.0. The smallest absolute Gasteiger partial charge is 0.148 e. The molecular formula is C22H28ClNO2. The van der Waals surface area contributed by atoms with E-state index in [9.17, 15) is 4.79 Å². The van der Waals surface area contributed by atoms with Crippen molar-refractivity contribution in [3.8, 4) is 0 Å². The number of benzene rings is 2. The summed E-state index contributed by atoms with van der Waals surface area (Å²) in [6.45, 7) is 2.32. The van der Waals surface area contributed by atoms with Gasteiger partial charge in [0, 0.05) is 19.0 Å². The lowest BCUT2D eigenvalue weighted by atomic mass is 9.91. The minimum atomic E-state index is 0. The van der Waals surface area contributed by atoms with Crippen LogP contribution in [0, 0.1) is 0 Å². The van der Waals surface area contributed by atoms with Crippen LogP contribution < -0.4 is 0 Å². The molecule has 140 valence electrons. The van der Waals surface area contributed by atoms with Crippen LogP contribution in [0.4, 0.5) is 0 Å². The third-order valence-corrected chi connectivity index (χ3v) is 5.78. The summed E-state index contributed by atoms with van der Waals surface area (Å²) >= 11 is 0. The largest absolute Gasteiger partial charge is 0.376 e. The van der Waals surface area contributed by atoms with Gasteiger partial charge in [-0.25, -0.2) is 0 Å². The Morgan fingerprint density at radius 3 is 2.69 bits per heavy atom. The van der Waals surface area contributed by atoms with E-state index < -0.39 is 0 Å². The molecule has 0 spiro atoms. The van der Waals surface area contributed by atoms with Gasteiger partial charge in [-0.2, -0.15) is 0 Å². The van der Waals surface area contributed by atoms with Gasteiger partial charge in [0.1, 0.15) is 5.78 Å². The number of fused-ring (bicyclic) bond motifs is 1. The summed E-state index contributed by atoms with van der Waals surface area (Å²) in [4.78, 5) is 14.0. The molecule has 1 aliphatic carbocycles. The Hall–Kier alpha value is -1.42. The van der Waals surface area contributed by atoms with Gasteiger partial charge < -0.3 is 4.74 Å². The number of hydrogen-bond acceptors (Lipinski definition) is 3. The first-order valence-corrected chi connectivity index (χ1v) is 9.65. The van der Waals surface area contributed by atoms with Crippen LogP contribution in [-0.2, 0) is 16.0 Å². The molecule has 4 rings (SSSR count). The molecule has 0 radical (unpaired) electrons. The van der Waals surface area contributed by atoms with Crippen molar-refractivity contribution in [2.24, 2.45) is 0 Å². The molecule has 2 fully saturated rings. The van der Waals surface area contributed by atoms with Crippen LogP contribution in [0.15, 0.2) is 42.5 Å². The molecule has 2 aromatic carbocycles. The molecule has 0 unspecified atom stereocenters. The van der Waals surface area contributed by atoms with Crippen LogP contribution in [0.5, 0.6) is 0 Å². The van der Waals surface area contributed by atoms with E-state index in [4.69, 9.17) is 4.74 Å². The van der Waals surface area contributed by atoms with Gasteiger partial charge in [0.15, 0.2) is 0 Å². The van der Waals surface area contributed by atoms with Crippen LogP contribution >= 0.6 is 12.4 Å². The summed E-state index contributed by atoms with van der Waals surface area (Å²) < 4.78 is 6.34. The second kappa shape index (κ2) is 8.98. The topological polar surface area (TPSA) is 29.5 Å². The second-order valence-electron chi connectivity index (χ2n) is 7.41. The van der Waals surface area contributed by atoms with E-state index in [0.29, 0.717) is 18.4 Å². The molecule has 2 aromatic rings. The fourth-order valence-corrected chi connectivity index (χ4v) is 4.46. The predicted molar refractivity (Wildman–Crippen MR) is 108 cm³/mol. The zero-order chi connectivity index (χ0) is 17.1. The Morgan fingerprint density at radius 1 is 1.04 bits per heavy atom. The Bertz CT molecular complexity index is 743. The standard InChI is InChI=1S/C22H27NO2.ClH/c24-19-12-14-23(16-19)21-10-3-4-11-22(21)25-15-13-18-8-5-7-17-6-1-2-9-20(17)18;/h1-2,5-9,21-22H,3-4,10-16H2;1H/t21-,22-;/m0./s1. The number of likely N-dealkylation sites (tertiary alicyclic amines) is 1. The van der Waals surface area contributed by atoms with Crippen molar-refractivity contribution in [2.45, 2.75) is 50.7 Å². The minimum absolute atomic E-state index is 0. The van der Waals surface area contributed by atoms with Crippen molar-refractivity contribution in [3.05, 3.63) is 48.0 Å². The van der Waals surface area contributed by atoms with Crippen LogP contribution in [0.2, 0.25) is 0 Å². The molecule has 4 heteroatoms. The lowest BCUT2D eigenvalue weighted by Gasteiger charge is -2.37. The quantitative estimate of drug-likeness (QED) is 0.777. The summed E-state index contributed by atoms with van der Waals surface area (Å²) in [6, 6.07) is 15.5. The molecule has 2 aliphatic rings. The minimum Gasteiger partial charge on any atom is -0.376 e. The maximum Gasteiger partial charge on any atom is 0.148 e. The van der Waals surface area contributed by atoms with Gasteiger partial charge in [0.2, 0.25) is 0 Å². The first-order chi connectivity index (χ1) is 12.3. The van der Waals surface area contributed by atoms with Crippen LogP contribution in [0.25, 0.3) is 10.8 Å². The van der Waals surface area contributed by atoms with Gasteiger partial charge in [-0.15, -0.1) is 12.4 Å². The zero-order valence-electron chi connectivity index (χ0n) is 15.2. The Labute approximate surface area is 162 Å². The molecule has 0 N–H and O–H groups in total. The number of ether oxygens (including phenoxy) is 1. The fraction of sp³-hybridized carbons (Fsp3) is 0.500. The molecule has 26 heavy (non-hydrogen) atoms. The molecule has 1 saturated carbocycles. The SMILES string of the molecule is Cl.O=C1CCN([C@H]2CCCC[C@@H]2OCCc2cccc3ccccc23)C1. The van der Waals surface area contributed by atoms with Crippen molar-refractivity contribution in [2.75, 3.05) is 19.7 Å². The van der Waals surface area contributed by atoms with Crippen LogP contribution in [0.3, 0.4) is 0 Å². The summed E-state index contributed by atoms with van der Waals surface area (Å²) in [5, 5.41) is 2.63. The van der Waals surface area contributed by atoms with Crippen molar-refractivity contribution >= 4 is 29.0 Å². The van der Waals surface area contributed by atoms with Gasteiger partial charge in [0.05, 0.1) is 19.3 Å². The van der Waals surface area contributed by atoms with Crippen molar-refractivity contribution in [3.63, 3.8) is 0 Å². The van der Waals surface area contributed by atoms with E-state index in [2.05, 4.69) is 47.4 Å². The van der Waals surface area contributed by atoms with Crippen LogP contribution in [-0.4, -0.2) is 42.5 Å². The van der Waals surface area contributed by atoms with Crippen molar-refractivity contribution in [1.29, 1.82) is 0 Å². The molecule has 1 saturated heterocycles. The highest BCUT2D eigenvalue weighted by atomic mass is 35.5. The number of hydrogen-bond donors (Lipinski definition) is 0. The average Bonchev–Trinajstić information content (AvgIpc) is 3.08. The summed E-state index contributed by atoms with van der Waals surface area (Å²) in [7, 11) is 0. The Morgan fingerprint density at radius 2 is 1.85 bits per heavy atom. The number of carbonyl (C=O) groups excluding carboxylic acids is 1. The first-order valence-electron chi connectivity index (χ1n) is 9.65. The van der Waals surface area contributed by atoms with Gasteiger partial charge in [-0.1, -0.05) is 55.3 Å². The van der Waals surface area contributed by atoms with E-state index in [-0.39, 0.29) is 18.5 Å². The Balaban J connectivity index is 0.00000196. The van der Waals surface area contributed by atoms with E-state index in [1.54, 1.807) is 0 Å². The summed E-state index contributed by atoms with van der Waals surface area (Å²) in [5.41, 5.74) is 1.36. The molecule has 1 aliphatic heterocycles. The highest BCUT2D eigenvalue weighted by Gasteiger charge is 2.34. The number of halogens is 1. The summed E-state index contributed by atoms with van der Waals surface area (Å²) in [5.74, 6) is 0.389. The highest BCUT2D eigenvalue weighted by molar-refractivity contribution is 5.86. The molecule has 0 amide bonds. The van der Waals surface area contributed by atoms with Crippen molar-refractivity contribution in [1.82, 2.24) is 4.90 Å². The number of carbonyl (C=O) groups is 1. The number of Topliss-reactive ketones (excluding diaryl/α,β-unsaturated/α-hetero) is 1. The lowest BCUT2D eigenvalue weighted by Crippen LogP contribution is -2.45. The first kappa shape index (κ1) is 19.3. The number of ketones is 1. The molecule has 2 atom stereocenters. The average molecular weight is 374 g/mol. The molecule has 0 aromatic heterocycles. The van der Waals surface area contributed by atoms with E-state index in [1.807, 2.05) is 0 Å². The molecule has 1 heterocycles. The monoisotopic (exact) mass is 373 g/mol. The normalized spacial score (nSPS) is 23.9. The van der Waals surface area contributed by atoms with Gasteiger partial charge >= 0.3 is 0 Å². The third kappa shape index (κ3) is 4.28. The lowest BCUT2D eigenvalue weighted by molar-refractivity contribution is -0.117. The van der Waals surface area contributed by atoms with Crippen molar-refractivity contribution < 1.29 is 9.53 Å². The van der Waals surface area contributed by atoms with Gasteiger partial charge in [-0.3, -0.25) is 9.69 Å². The Kier molecular flexibility index (Phi) is 6.68. The summed E-state index contributed by atoms with van der Waals surface area (Å²) in [6.07, 6.45) is 6.77. The maximum absolute atomic E-state index is 11.6. The number of rotatable bonds is 5. The van der Waals surface area contributed by atoms with Crippen LogP contribution in [0.1, 0.15) is 37.7 Å². The maximum atomic E-state index is 11.6. The molecule has 3 nitrogen and oxygen atoms in total. The molecule has 0 bridgehead atoms. The van der Waals surface area contributed by atoms with E-state index in [1.165, 1.54) is 35.6 Å². The fourth-order valence-electron chi connectivity index (χ4n) is 4.46.